The van der Waals surface area contributed by atoms with E-state index in [9.17, 15) is 14.4 Å². The Balaban J connectivity index is 1.93. The number of rotatable bonds is 5. The lowest BCUT2D eigenvalue weighted by molar-refractivity contribution is -0.133. The van der Waals surface area contributed by atoms with E-state index in [2.05, 4.69) is 10.6 Å². The molecule has 0 radical (unpaired) electrons. The smallest absolute Gasteiger partial charge is 0.322 e. The Morgan fingerprint density at radius 2 is 2.14 bits per heavy atom. The van der Waals surface area contributed by atoms with Gasteiger partial charge in [-0.2, -0.15) is 0 Å². The Hall–Kier alpha value is -2.57. The maximum absolute atomic E-state index is 12.1. The van der Waals surface area contributed by atoms with Gasteiger partial charge in [0.15, 0.2) is 0 Å². The summed E-state index contributed by atoms with van der Waals surface area (Å²) in [5.74, 6) is 0.0269. The number of nitrogens with one attached hydrogen (secondary N) is 2. The minimum Gasteiger partial charge on any atom is -0.497 e. The Kier molecular flexibility index (Phi) is 4.42. The van der Waals surface area contributed by atoms with Crippen molar-refractivity contribution in [2.24, 2.45) is 0 Å². The van der Waals surface area contributed by atoms with E-state index >= 15 is 0 Å². The van der Waals surface area contributed by atoms with Crippen LogP contribution in [0.25, 0.3) is 0 Å². The lowest BCUT2D eigenvalue weighted by Gasteiger charge is -2.19. The van der Waals surface area contributed by atoms with Crippen LogP contribution in [0.15, 0.2) is 24.3 Å². The second-order valence-electron chi connectivity index (χ2n) is 4.82. The molecule has 1 heterocycles. The van der Waals surface area contributed by atoms with E-state index in [1.807, 2.05) is 24.3 Å². The van der Waals surface area contributed by atoms with E-state index in [1.54, 1.807) is 14.2 Å². The van der Waals surface area contributed by atoms with Gasteiger partial charge >= 0.3 is 6.03 Å². The fourth-order valence-corrected chi connectivity index (χ4v) is 2.07. The average Bonchev–Trinajstić information content (AvgIpc) is 2.77. The highest BCUT2D eigenvalue weighted by molar-refractivity contribution is 6.05. The molecule has 0 spiro atoms. The van der Waals surface area contributed by atoms with Crippen LogP contribution in [0, 0.1) is 0 Å². The van der Waals surface area contributed by atoms with Gasteiger partial charge in [-0.15, -0.1) is 0 Å². The van der Waals surface area contributed by atoms with Crippen molar-refractivity contribution in [1.82, 2.24) is 15.5 Å². The summed E-state index contributed by atoms with van der Waals surface area (Å²) < 4.78 is 5.13. The van der Waals surface area contributed by atoms with Gasteiger partial charge in [0.05, 0.1) is 13.5 Å². The van der Waals surface area contributed by atoms with Crippen molar-refractivity contribution in [1.29, 1.82) is 0 Å². The van der Waals surface area contributed by atoms with E-state index in [1.165, 1.54) is 4.90 Å². The van der Waals surface area contributed by atoms with Gasteiger partial charge in [0.1, 0.15) is 11.8 Å². The summed E-state index contributed by atoms with van der Waals surface area (Å²) in [5, 5.41) is 4.50. The molecule has 0 aliphatic carbocycles. The van der Waals surface area contributed by atoms with Crippen molar-refractivity contribution in [3.05, 3.63) is 29.8 Å². The van der Waals surface area contributed by atoms with E-state index < -0.39 is 18.0 Å². The number of hydrogen-bond acceptors (Lipinski definition) is 4. The van der Waals surface area contributed by atoms with Gasteiger partial charge in [0.25, 0.3) is 5.91 Å². The average molecular weight is 291 g/mol. The summed E-state index contributed by atoms with van der Waals surface area (Å²) in [7, 11) is 3.23. The zero-order chi connectivity index (χ0) is 15.4. The van der Waals surface area contributed by atoms with Crippen LogP contribution in [0.4, 0.5) is 4.79 Å². The molecule has 4 amide bonds. The van der Waals surface area contributed by atoms with Crippen molar-refractivity contribution in [2.75, 3.05) is 14.2 Å². The van der Waals surface area contributed by atoms with E-state index in [0.29, 0.717) is 6.54 Å². The fourth-order valence-electron chi connectivity index (χ4n) is 2.07. The first-order valence-electron chi connectivity index (χ1n) is 6.48. The number of methoxy groups -OCH3 is 1. The molecule has 7 heteroatoms. The standard InChI is InChI=1S/C14H17N3O4/c1-17(8-9-4-3-5-10(6-9)21-2)12(18)7-11-13(19)16-14(20)15-11/h3-6,11H,7-8H2,1-2H3,(H2,15,16,19,20)/t11-/m0/s1. The van der Waals surface area contributed by atoms with Gasteiger partial charge < -0.3 is 15.0 Å². The zero-order valence-electron chi connectivity index (χ0n) is 11.9. The Morgan fingerprint density at radius 1 is 1.38 bits per heavy atom. The van der Waals surface area contributed by atoms with Crippen molar-refractivity contribution in [2.45, 2.75) is 19.0 Å². The molecule has 2 N–H and O–H groups in total. The van der Waals surface area contributed by atoms with Crippen LogP contribution >= 0.6 is 0 Å². The van der Waals surface area contributed by atoms with Gasteiger partial charge in [0, 0.05) is 13.6 Å². The number of nitrogens with zero attached hydrogens (tertiary/aromatic N) is 1. The van der Waals surface area contributed by atoms with E-state index in [-0.39, 0.29) is 12.3 Å². The molecule has 1 aromatic rings. The minimum atomic E-state index is -0.794. The number of carbonyl (C=O) groups excluding carboxylic acids is 3. The molecule has 0 aromatic heterocycles. The summed E-state index contributed by atoms with van der Waals surface area (Å²) >= 11 is 0. The predicted octanol–water partition coefficient (Wildman–Crippen LogP) is 0.252. The maximum Gasteiger partial charge on any atom is 0.322 e. The quantitative estimate of drug-likeness (QED) is 0.761. The molecule has 7 nitrogen and oxygen atoms in total. The van der Waals surface area contributed by atoms with Crippen LogP contribution in [-0.2, 0) is 16.1 Å². The topological polar surface area (TPSA) is 87.7 Å². The van der Waals surface area contributed by atoms with Gasteiger partial charge in [-0.25, -0.2) is 4.79 Å². The molecule has 1 aliphatic heterocycles. The first-order chi connectivity index (χ1) is 9.99. The molecule has 112 valence electrons. The van der Waals surface area contributed by atoms with E-state index in [0.717, 1.165) is 11.3 Å². The molecule has 0 bridgehead atoms. The highest BCUT2D eigenvalue weighted by Gasteiger charge is 2.32. The molecule has 1 fully saturated rings. The number of carbonyl (C=O) groups is 3. The minimum absolute atomic E-state index is 0.0575. The summed E-state index contributed by atoms with van der Waals surface area (Å²) in [6.45, 7) is 0.401. The molecule has 1 aliphatic rings. The summed E-state index contributed by atoms with van der Waals surface area (Å²) in [6, 6.07) is 6.04. The van der Waals surface area contributed by atoms with Crippen LogP contribution in [0.5, 0.6) is 5.75 Å². The van der Waals surface area contributed by atoms with Crippen molar-refractivity contribution in [3.63, 3.8) is 0 Å². The second-order valence-corrected chi connectivity index (χ2v) is 4.82. The second kappa shape index (κ2) is 6.25. The molecular formula is C14H17N3O4. The maximum atomic E-state index is 12.1. The molecule has 1 aromatic carbocycles. The lowest BCUT2D eigenvalue weighted by atomic mass is 10.1. The number of benzene rings is 1. The Morgan fingerprint density at radius 3 is 2.76 bits per heavy atom. The number of imide groups is 1. The van der Waals surface area contributed by atoms with Crippen LogP contribution in [-0.4, -0.2) is 42.9 Å². The first-order valence-corrected chi connectivity index (χ1v) is 6.48. The van der Waals surface area contributed by atoms with Crippen molar-refractivity contribution in [3.8, 4) is 5.75 Å². The van der Waals surface area contributed by atoms with Gasteiger partial charge in [-0.1, -0.05) is 12.1 Å². The Labute approximate surface area is 122 Å². The molecule has 1 atom stereocenters. The number of ether oxygens (including phenoxy) is 1. The Bertz CT molecular complexity index is 573. The van der Waals surface area contributed by atoms with Gasteiger partial charge in [-0.3, -0.25) is 14.9 Å². The summed E-state index contributed by atoms with van der Waals surface area (Å²) in [5.41, 5.74) is 0.921. The monoisotopic (exact) mass is 291 g/mol. The van der Waals surface area contributed by atoms with Crippen LogP contribution in [0.2, 0.25) is 0 Å². The highest BCUT2D eigenvalue weighted by Crippen LogP contribution is 2.14. The third-order valence-corrected chi connectivity index (χ3v) is 3.22. The van der Waals surface area contributed by atoms with Crippen molar-refractivity contribution >= 4 is 17.8 Å². The van der Waals surface area contributed by atoms with E-state index in [4.69, 9.17) is 4.74 Å². The molecule has 0 saturated carbocycles. The third-order valence-electron chi connectivity index (χ3n) is 3.22. The molecule has 0 unspecified atom stereocenters. The first kappa shape index (κ1) is 14.8. The van der Waals surface area contributed by atoms with Crippen LogP contribution in [0.3, 0.4) is 0 Å². The summed E-state index contributed by atoms with van der Waals surface area (Å²) in [6.07, 6.45) is -0.0575. The fraction of sp³-hybridized carbons (Fsp3) is 0.357. The third kappa shape index (κ3) is 3.71. The normalized spacial score (nSPS) is 17.1. The molecular weight excluding hydrogens is 274 g/mol. The van der Waals surface area contributed by atoms with Gasteiger partial charge in [-0.05, 0) is 17.7 Å². The largest absolute Gasteiger partial charge is 0.497 e. The zero-order valence-corrected chi connectivity index (χ0v) is 11.9. The number of urea groups is 1. The van der Waals surface area contributed by atoms with Crippen LogP contribution in [0.1, 0.15) is 12.0 Å². The highest BCUT2D eigenvalue weighted by atomic mass is 16.5. The lowest BCUT2D eigenvalue weighted by Crippen LogP contribution is -2.36. The predicted molar refractivity (Wildman–Crippen MR) is 74.5 cm³/mol. The SMILES string of the molecule is COc1cccc(CN(C)C(=O)C[C@@H]2NC(=O)NC2=O)c1. The molecule has 21 heavy (non-hydrogen) atoms. The summed E-state index contributed by atoms with van der Waals surface area (Å²) in [4.78, 5) is 36.0. The molecule has 1 saturated heterocycles. The molecule has 2 rings (SSSR count). The van der Waals surface area contributed by atoms with Gasteiger partial charge in [0.2, 0.25) is 5.91 Å². The number of hydrogen-bond donors (Lipinski definition) is 2. The van der Waals surface area contributed by atoms with Crippen LogP contribution < -0.4 is 15.4 Å². The van der Waals surface area contributed by atoms with Crippen molar-refractivity contribution < 1.29 is 19.1 Å². The number of amides is 4.